The van der Waals surface area contributed by atoms with Crippen molar-refractivity contribution in [2.24, 2.45) is 11.8 Å². The summed E-state index contributed by atoms with van der Waals surface area (Å²) in [5.74, 6) is -0.762. The molecule has 1 aliphatic carbocycles. The van der Waals surface area contributed by atoms with Gasteiger partial charge in [-0.05, 0) is 18.8 Å². The molecule has 0 spiro atoms. The molecule has 0 saturated heterocycles. The number of rotatable bonds is 0. The van der Waals surface area contributed by atoms with E-state index in [1.807, 2.05) is 6.92 Å². The molecule has 0 aliphatic heterocycles. The summed E-state index contributed by atoms with van der Waals surface area (Å²) in [5, 5.41) is 0. The van der Waals surface area contributed by atoms with Crippen molar-refractivity contribution in [3.8, 4) is 0 Å². The van der Waals surface area contributed by atoms with Crippen molar-refractivity contribution in [1.82, 2.24) is 0 Å². The van der Waals surface area contributed by atoms with Gasteiger partial charge in [0, 0.05) is 0 Å². The highest BCUT2D eigenvalue weighted by Crippen LogP contribution is 2.39. The van der Waals surface area contributed by atoms with E-state index in [1.54, 1.807) is 0 Å². The van der Waals surface area contributed by atoms with Crippen LogP contribution in [0.2, 0.25) is 0 Å². The lowest BCUT2D eigenvalue weighted by Gasteiger charge is -2.28. The van der Waals surface area contributed by atoms with Gasteiger partial charge >= 0.3 is 6.18 Å². The van der Waals surface area contributed by atoms with E-state index in [0.717, 1.165) is 12.8 Å². The highest BCUT2D eigenvalue weighted by Gasteiger charge is 2.41. The normalized spacial score (nSPS) is 33.8. The van der Waals surface area contributed by atoms with E-state index in [2.05, 4.69) is 0 Å². The Balaban J connectivity index is 2.46. The number of hydrogen-bond donors (Lipinski definition) is 0. The van der Waals surface area contributed by atoms with Gasteiger partial charge in [0.15, 0.2) is 0 Å². The van der Waals surface area contributed by atoms with E-state index in [1.165, 1.54) is 0 Å². The lowest BCUT2D eigenvalue weighted by atomic mass is 9.82. The van der Waals surface area contributed by atoms with Gasteiger partial charge in [0.05, 0.1) is 5.92 Å². The summed E-state index contributed by atoms with van der Waals surface area (Å²) in [7, 11) is 0. The maximum absolute atomic E-state index is 12.1. The predicted octanol–water partition coefficient (Wildman–Crippen LogP) is 3.38. The molecule has 0 amide bonds. The summed E-state index contributed by atoms with van der Waals surface area (Å²) >= 11 is 0. The zero-order valence-corrected chi connectivity index (χ0v) is 6.62. The van der Waals surface area contributed by atoms with Gasteiger partial charge in [0.2, 0.25) is 0 Å². The number of alkyl halides is 3. The van der Waals surface area contributed by atoms with Gasteiger partial charge in [-0.3, -0.25) is 0 Å². The van der Waals surface area contributed by atoms with Crippen molar-refractivity contribution in [1.29, 1.82) is 0 Å². The fourth-order valence-electron chi connectivity index (χ4n) is 1.73. The van der Waals surface area contributed by atoms with Crippen LogP contribution in [0.5, 0.6) is 0 Å². The molecule has 0 heterocycles. The van der Waals surface area contributed by atoms with E-state index in [4.69, 9.17) is 0 Å². The fourth-order valence-corrected chi connectivity index (χ4v) is 1.73. The molecule has 1 saturated carbocycles. The van der Waals surface area contributed by atoms with E-state index in [-0.39, 0.29) is 5.92 Å². The Kier molecular flexibility index (Phi) is 2.45. The van der Waals surface area contributed by atoms with Crippen LogP contribution in [-0.2, 0) is 0 Å². The molecule has 0 radical (unpaired) electrons. The first-order chi connectivity index (χ1) is 5.00. The minimum absolute atomic E-state index is 0.260. The lowest BCUT2D eigenvalue weighted by molar-refractivity contribution is -0.185. The molecular formula is C8H13F3. The Morgan fingerprint density at radius 3 is 2.18 bits per heavy atom. The predicted molar refractivity (Wildman–Crippen MR) is 37.2 cm³/mol. The molecule has 0 nitrogen and oxygen atoms in total. The van der Waals surface area contributed by atoms with Crippen LogP contribution in [-0.4, -0.2) is 6.18 Å². The topological polar surface area (TPSA) is 0 Å². The fraction of sp³-hybridized carbons (Fsp3) is 1.00. The molecule has 0 aromatic rings. The summed E-state index contributed by atoms with van der Waals surface area (Å²) < 4.78 is 36.3. The second kappa shape index (κ2) is 3.03. The SMILES string of the molecule is C[C@H]1CCC[C@@H](C(F)(F)F)C1. The van der Waals surface area contributed by atoms with E-state index in [9.17, 15) is 13.2 Å². The minimum atomic E-state index is -3.95. The van der Waals surface area contributed by atoms with Crippen molar-refractivity contribution < 1.29 is 13.2 Å². The maximum Gasteiger partial charge on any atom is 0.391 e. The summed E-state index contributed by atoms with van der Waals surface area (Å²) in [4.78, 5) is 0. The van der Waals surface area contributed by atoms with Crippen molar-refractivity contribution in [3.05, 3.63) is 0 Å². The Labute approximate surface area is 64.8 Å². The molecule has 0 unspecified atom stereocenters. The molecule has 11 heavy (non-hydrogen) atoms. The van der Waals surface area contributed by atoms with Crippen LogP contribution < -0.4 is 0 Å². The average molecular weight is 166 g/mol. The van der Waals surface area contributed by atoms with E-state index >= 15 is 0 Å². The van der Waals surface area contributed by atoms with Crippen LogP contribution in [0.1, 0.15) is 32.6 Å². The molecule has 0 aromatic carbocycles. The standard InChI is InChI=1S/C8H13F3/c1-6-3-2-4-7(5-6)8(9,10)11/h6-7H,2-5H2,1H3/t6-,7+/m0/s1. The quantitative estimate of drug-likeness (QED) is 0.517. The van der Waals surface area contributed by atoms with Crippen molar-refractivity contribution in [2.75, 3.05) is 0 Å². The van der Waals surface area contributed by atoms with Gasteiger partial charge in [0.25, 0.3) is 0 Å². The molecule has 1 aliphatic rings. The Morgan fingerprint density at radius 1 is 1.18 bits per heavy atom. The van der Waals surface area contributed by atoms with Crippen LogP contribution >= 0.6 is 0 Å². The van der Waals surface area contributed by atoms with Gasteiger partial charge in [-0.25, -0.2) is 0 Å². The molecule has 2 atom stereocenters. The first-order valence-electron chi connectivity index (χ1n) is 4.07. The third-order valence-electron chi connectivity index (χ3n) is 2.40. The number of halogens is 3. The first-order valence-corrected chi connectivity index (χ1v) is 4.07. The molecule has 3 heteroatoms. The molecule has 66 valence electrons. The number of hydrogen-bond acceptors (Lipinski definition) is 0. The van der Waals surface area contributed by atoms with Crippen molar-refractivity contribution >= 4 is 0 Å². The Bertz CT molecular complexity index is 128. The van der Waals surface area contributed by atoms with Crippen molar-refractivity contribution in [3.63, 3.8) is 0 Å². The van der Waals surface area contributed by atoms with E-state index in [0.29, 0.717) is 12.8 Å². The Hall–Kier alpha value is -0.210. The van der Waals surface area contributed by atoms with Crippen molar-refractivity contribution in [2.45, 2.75) is 38.8 Å². The summed E-state index contributed by atoms with van der Waals surface area (Å²) in [6.07, 6.45) is -1.57. The zero-order chi connectivity index (χ0) is 8.48. The van der Waals surface area contributed by atoms with Gasteiger partial charge < -0.3 is 0 Å². The van der Waals surface area contributed by atoms with Gasteiger partial charge in [0.1, 0.15) is 0 Å². The summed E-state index contributed by atoms with van der Waals surface area (Å²) in [6, 6.07) is 0. The van der Waals surface area contributed by atoms with Gasteiger partial charge in [-0.1, -0.05) is 19.8 Å². The van der Waals surface area contributed by atoms with Gasteiger partial charge in [-0.2, -0.15) is 13.2 Å². The molecule has 1 rings (SSSR count). The van der Waals surface area contributed by atoms with Crippen LogP contribution in [0.25, 0.3) is 0 Å². The maximum atomic E-state index is 12.1. The van der Waals surface area contributed by atoms with Gasteiger partial charge in [-0.15, -0.1) is 0 Å². The monoisotopic (exact) mass is 166 g/mol. The second-order valence-electron chi connectivity index (χ2n) is 3.51. The molecule has 0 N–H and O–H groups in total. The third-order valence-corrected chi connectivity index (χ3v) is 2.40. The van der Waals surface area contributed by atoms with Crippen LogP contribution in [0.15, 0.2) is 0 Å². The Morgan fingerprint density at radius 2 is 1.82 bits per heavy atom. The summed E-state index contributed by atoms with van der Waals surface area (Å²) in [5.41, 5.74) is 0. The second-order valence-corrected chi connectivity index (χ2v) is 3.51. The molecular weight excluding hydrogens is 153 g/mol. The van der Waals surface area contributed by atoms with E-state index < -0.39 is 12.1 Å². The minimum Gasteiger partial charge on any atom is -0.171 e. The average Bonchev–Trinajstić information content (AvgIpc) is 1.86. The van der Waals surface area contributed by atoms with Crippen LogP contribution in [0.3, 0.4) is 0 Å². The summed E-state index contributed by atoms with van der Waals surface area (Å²) in [6.45, 7) is 1.90. The lowest BCUT2D eigenvalue weighted by Crippen LogP contribution is -2.27. The van der Waals surface area contributed by atoms with Crippen LogP contribution in [0, 0.1) is 11.8 Å². The highest BCUT2D eigenvalue weighted by atomic mass is 19.4. The molecule has 0 bridgehead atoms. The largest absolute Gasteiger partial charge is 0.391 e. The molecule has 1 fully saturated rings. The smallest absolute Gasteiger partial charge is 0.171 e. The third kappa shape index (κ3) is 2.38. The van der Waals surface area contributed by atoms with Crippen LogP contribution in [0.4, 0.5) is 13.2 Å². The first kappa shape index (κ1) is 8.88. The highest BCUT2D eigenvalue weighted by molar-refractivity contribution is 4.75. The molecule has 0 aromatic heterocycles. The zero-order valence-electron chi connectivity index (χ0n) is 6.62.